The fourth-order valence-corrected chi connectivity index (χ4v) is 2.66. The lowest BCUT2D eigenvalue weighted by molar-refractivity contribution is 0.765. The highest BCUT2D eigenvalue weighted by molar-refractivity contribution is 5.51. The quantitative estimate of drug-likeness (QED) is 0.870. The highest BCUT2D eigenvalue weighted by Gasteiger charge is 2.16. The summed E-state index contributed by atoms with van der Waals surface area (Å²) in [5.74, 6) is 0.871. The van der Waals surface area contributed by atoms with Gasteiger partial charge in [-0.2, -0.15) is 10.2 Å². The number of nitrogens with zero attached hydrogens (tertiary/aromatic N) is 5. The van der Waals surface area contributed by atoms with Crippen LogP contribution in [-0.4, -0.2) is 27.0 Å². The van der Waals surface area contributed by atoms with E-state index in [2.05, 4.69) is 34.0 Å². The first-order valence-electron chi connectivity index (χ1n) is 7.36. The van der Waals surface area contributed by atoms with Crippen LogP contribution in [-0.2, 0) is 33.0 Å². The van der Waals surface area contributed by atoms with Gasteiger partial charge in [0.15, 0.2) is 5.82 Å². The van der Waals surface area contributed by atoms with Crippen LogP contribution < -0.4 is 10.6 Å². The van der Waals surface area contributed by atoms with Crippen molar-refractivity contribution in [2.45, 2.75) is 39.8 Å². The van der Waals surface area contributed by atoms with Crippen molar-refractivity contribution in [3.8, 4) is 0 Å². The molecule has 6 nitrogen and oxygen atoms in total. The molecule has 0 atom stereocenters. The first kappa shape index (κ1) is 15.4. The van der Waals surface area contributed by atoms with E-state index in [0.717, 1.165) is 42.0 Å². The van der Waals surface area contributed by atoms with Crippen molar-refractivity contribution < 1.29 is 0 Å². The van der Waals surface area contributed by atoms with Crippen LogP contribution in [0.1, 0.15) is 36.2 Å². The Morgan fingerprint density at radius 3 is 2.48 bits per heavy atom. The molecule has 0 aromatic carbocycles. The highest BCUT2D eigenvalue weighted by Crippen LogP contribution is 2.23. The van der Waals surface area contributed by atoms with Gasteiger partial charge in [-0.25, -0.2) is 0 Å². The van der Waals surface area contributed by atoms with Gasteiger partial charge in [0.25, 0.3) is 0 Å². The van der Waals surface area contributed by atoms with E-state index in [9.17, 15) is 0 Å². The van der Waals surface area contributed by atoms with E-state index in [0.29, 0.717) is 6.54 Å². The summed E-state index contributed by atoms with van der Waals surface area (Å²) in [7, 11) is 3.93. The van der Waals surface area contributed by atoms with Gasteiger partial charge < -0.3 is 10.6 Å². The Morgan fingerprint density at radius 1 is 1.19 bits per heavy atom. The van der Waals surface area contributed by atoms with Crippen LogP contribution in [0.3, 0.4) is 0 Å². The summed E-state index contributed by atoms with van der Waals surface area (Å²) < 4.78 is 1.80. The Bertz CT molecular complexity index is 604. The molecule has 2 aromatic rings. The summed E-state index contributed by atoms with van der Waals surface area (Å²) in [5.41, 5.74) is 10.5. The van der Waals surface area contributed by atoms with Gasteiger partial charge in [0.2, 0.25) is 0 Å². The largest absolute Gasteiger partial charge is 0.353 e. The molecule has 2 N–H and O–H groups in total. The topological polar surface area (TPSA) is 72.9 Å². The Labute approximate surface area is 126 Å². The zero-order chi connectivity index (χ0) is 15.4. The molecule has 0 aliphatic rings. The number of aromatic nitrogens is 4. The minimum atomic E-state index is 0.485. The van der Waals surface area contributed by atoms with Crippen LogP contribution in [0.5, 0.6) is 0 Å². The van der Waals surface area contributed by atoms with Crippen LogP contribution in [0.2, 0.25) is 0 Å². The highest BCUT2D eigenvalue weighted by atomic mass is 15.3. The molecule has 0 unspecified atom stereocenters. The monoisotopic (exact) mass is 288 g/mol. The Hall–Kier alpha value is -1.95. The van der Waals surface area contributed by atoms with E-state index < -0.39 is 0 Å². The maximum absolute atomic E-state index is 5.98. The third-order valence-electron chi connectivity index (χ3n) is 3.68. The van der Waals surface area contributed by atoms with Gasteiger partial charge in [-0.15, -0.1) is 5.10 Å². The lowest BCUT2D eigenvalue weighted by Crippen LogP contribution is -2.23. The number of hydrogen-bond donors (Lipinski definition) is 1. The van der Waals surface area contributed by atoms with Crippen LogP contribution in [0.4, 0.5) is 5.82 Å². The van der Waals surface area contributed by atoms with E-state index in [1.54, 1.807) is 4.68 Å². The maximum atomic E-state index is 5.98. The molecule has 0 aliphatic heterocycles. The van der Waals surface area contributed by atoms with Crippen LogP contribution in [0, 0.1) is 0 Å². The average molecular weight is 288 g/mol. The molecule has 0 saturated carbocycles. The van der Waals surface area contributed by atoms with Gasteiger partial charge in [-0.05, 0) is 18.4 Å². The van der Waals surface area contributed by atoms with E-state index in [1.165, 1.54) is 5.56 Å². The molecule has 2 aromatic heterocycles. The molecule has 0 aliphatic carbocycles. The number of hydrogen-bond acceptors (Lipinski definition) is 5. The van der Waals surface area contributed by atoms with Crippen molar-refractivity contribution in [1.29, 1.82) is 0 Å². The molecule has 0 radical (unpaired) electrons. The molecule has 0 saturated heterocycles. The summed E-state index contributed by atoms with van der Waals surface area (Å²) in [6.45, 7) is 5.46. The molecule has 6 heteroatoms. The van der Waals surface area contributed by atoms with Crippen molar-refractivity contribution in [1.82, 2.24) is 20.0 Å². The van der Waals surface area contributed by atoms with Gasteiger partial charge in [0.05, 0.1) is 11.9 Å². The summed E-state index contributed by atoms with van der Waals surface area (Å²) in [5, 5.41) is 13.0. The Morgan fingerprint density at radius 2 is 1.95 bits per heavy atom. The molecule has 0 bridgehead atoms. The fraction of sp³-hybridized carbons (Fsp3) is 0.533. The Kier molecular flexibility index (Phi) is 4.90. The maximum Gasteiger partial charge on any atom is 0.156 e. The van der Waals surface area contributed by atoms with Crippen molar-refractivity contribution in [3.05, 3.63) is 34.8 Å². The molecule has 2 rings (SSSR count). The molecule has 0 spiro atoms. The van der Waals surface area contributed by atoms with E-state index in [1.807, 2.05) is 26.5 Å². The standard InChI is InChI=1S/C15H24N6/c1-5-12-13(7-16)15(19-18-14(12)6-2)20(3)9-11-8-17-21(4)10-11/h8,10H,5-7,9,16H2,1-4H3. The van der Waals surface area contributed by atoms with Gasteiger partial charge in [0.1, 0.15) is 0 Å². The SMILES string of the molecule is CCc1nnc(N(C)Cc2cnn(C)c2)c(CN)c1CC. The van der Waals surface area contributed by atoms with E-state index >= 15 is 0 Å². The lowest BCUT2D eigenvalue weighted by atomic mass is 10.0. The fourth-order valence-electron chi connectivity index (χ4n) is 2.66. The minimum absolute atomic E-state index is 0.485. The second-order valence-corrected chi connectivity index (χ2v) is 5.22. The van der Waals surface area contributed by atoms with Gasteiger partial charge in [-0.1, -0.05) is 13.8 Å². The van der Waals surface area contributed by atoms with Crippen LogP contribution >= 0.6 is 0 Å². The van der Waals surface area contributed by atoms with Gasteiger partial charge in [0, 0.05) is 44.5 Å². The normalized spacial score (nSPS) is 10.9. The zero-order valence-corrected chi connectivity index (χ0v) is 13.3. The summed E-state index contributed by atoms with van der Waals surface area (Å²) in [4.78, 5) is 2.09. The van der Waals surface area contributed by atoms with Crippen LogP contribution in [0.25, 0.3) is 0 Å². The zero-order valence-electron chi connectivity index (χ0n) is 13.3. The van der Waals surface area contributed by atoms with Crippen molar-refractivity contribution in [3.63, 3.8) is 0 Å². The number of aryl methyl sites for hydroxylation is 2. The predicted molar refractivity (Wildman–Crippen MR) is 84.0 cm³/mol. The number of nitrogens with two attached hydrogens (primary N) is 1. The van der Waals surface area contributed by atoms with Crippen molar-refractivity contribution in [2.24, 2.45) is 12.8 Å². The molecule has 21 heavy (non-hydrogen) atoms. The molecule has 114 valence electrons. The van der Waals surface area contributed by atoms with E-state index in [4.69, 9.17) is 5.73 Å². The predicted octanol–water partition coefficient (Wildman–Crippen LogP) is 1.43. The smallest absolute Gasteiger partial charge is 0.156 e. The molecular weight excluding hydrogens is 264 g/mol. The number of anilines is 1. The van der Waals surface area contributed by atoms with Gasteiger partial charge in [-0.3, -0.25) is 4.68 Å². The van der Waals surface area contributed by atoms with Crippen molar-refractivity contribution in [2.75, 3.05) is 11.9 Å². The minimum Gasteiger partial charge on any atom is -0.353 e. The van der Waals surface area contributed by atoms with E-state index in [-0.39, 0.29) is 0 Å². The summed E-state index contributed by atoms with van der Waals surface area (Å²) in [6.07, 6.45) is 5.69. The molecule has 2 heterocycles. The second-order valence-electron chi connectivity index (χ2n) is 5.22. The Balaban J connectivity index is 2.33. The first-order chi connectivity index (χ1) is 10.1. The van der Waals surface area contributed by atoms with Crippen molar-refractivity contribution >= 4 is 5.82 Å². The second kappa shape index (κ2) is 6.67. The molecule has 0 fully saturated rings. The first-order valence-corrected chi connectivity index (χ1v) is 7.36. The lowest BCUT2D eigenvalue weighted by Gasteiger charge is -2.22. The van der Waals surface area contributed by atoms with Crippen LogP contribution in [0.15, 0.2) is 12.4 Å². The third-order valence-corrected chi connectivity index (χ3v) is 3.68. The molecular formula is C15H24N6. The summed E-state index contributed by atoms with van der Waals surface area (Å²) >= 11 is 0. The molecule has 0 amide bonds. The number of rotatable bonds is 6. The third kappa shape index (κ3) is 3.21. The summed E-state index contributed by atoms with van der Waals surface area (Å²) in [6, 6.07) is 0. The average Bonchev–Trinajstić information content (AvgIpc) is 2.90. The van der Waals surface area contributed by atoms with Gasteiger partial charge >= 0.3 is 0 Å².